The minimum atomic E-state index is -0.277. The van der Waals surface area contributed by atoms with Gasteiger partial charge in [0.15, 0.2) is 5.84 Å². The molecule has 0 aliphatic rings. The predicted molar refractivity (Wildman–Crippen MR) is 76.4 cm³/mol. The Kier molecular flexibility index (Phi) is 5.92. The summed E-state index contributed by atoms with van der Waals surface area (Å²) in [6.07, 6.45) is 1.58. The van der Waals surface area contributed by atoms with Crippen LogP contribution in [0.2, 0.25) is 0 Å². The Morgan fingerprint density at radius 1 is 1.65 bits per heavy atom. The maximum atomic E-state index is 11.9. The molecule has 20 heavy (non-hydrogen) atoms. The molecule has 0 bridgehead atoms. The lowest BCUT2D eigenvalue weighted by molar-refractivity contribution is -0.131. The third-order valence-corrected chi connectivity index (χ3v) is 3.03. The standard InChI is InChI=1S/C13H21N5O2/c1-4-18(3)13(19)9(2)16-8-10-5-6-15-11(7-10)12(14)17-20/h5-7,9,16,20H,4,8H2,1-3H3,(H2,14,17). The summed E-state index contributed by atoms with van der Waals surface area (Å²) < 4.78 is 0. The summed E-state index contributed by atoms with van der Waals surface area (Å²) in [5, 5.41) is 14.7. The SMILES string of the molecule is CCN(C)C(=O)C(C)NCc1ccnc(/C(N)=N/O)c1. The van der Waals surface area contributed by atoms with Crippen molar-refractivity contribution in [2.75, 3.05) is 13.6 Å². The predicted octanol–water partition coefficient (Wildman–Crippen LogP) is 0.133. The maximum absolute atomic E-state index is 11.9. The van der Waals surface area contributed by atoms with Gasteiger partial charge < -0.3 is 21.2 Å². The normalized spacial score (nSPS) is 13.1. The fourth-order valence-corrected chi connectivity index (χ4v) is 1.62. The first kappa shape index (κ1) is 15.9. The molecule has 0 spiro atoms. The molecule has 0 fully saturated rings. The van der Waals surface area contributed by atoms with E-state index in [2.05, 4.69) is 15.5 Å². The highest BCUT2D eigenvalue weighted by molar-refractivity contribution is 5.95. The molecule has 7 heteroatoms. The van der Waals surface area contributed by atoms with Gasteiger partial charge in [-0.3, -0.25) is 9.78 Å². The van der Waals surface area contributed by atoms with Crippen LogP contribution in [0.4, 0.5) is 0 Å². The third-order valence-electron chi connectivity index (χ3n) is 3.03. The van der Waals surface area contributed by atoms with Crippen molar-refractivity contribution >= 4 is 11.7 Å². The lowest BCUT2D eigenvalue weighted by atomic mass is 10.2. The Bertz CT molecular complexity index is 489. The fraction of sp³-hybridized carbons (Fsp3) is 0.462. The van der Waals surface area contributed by atoms with Crippen molar-refractivity contribution in [1.29, 1.82) is 0 Å². The molecule has 0 radical (unpaired) electrons. The van der Waals surface area contributed by atoms with E-state index < -0.39 is 0 Å². The van der Waals surface area contributed by atoms with Crippen LogP contribution in [0.25, 0.3) is 0 Å². The Morgan fingerprint density at radius 2 is 2.35 bits per heavy atom. The monoisotopic (exact) mass is 279 g/mol. The molecule has 0 saturated heterocycles. The summed E-state index contributed by atoms with van der Waals surface area (Å²) in [4.78, 5) is 17.5. The van der Waals surface area contributed by atoms with Gasteiger partial charge in [-0.15, -0.1) is 0 Å². The number of nitrogens with one attached hydrogen (secondary N) is 1. The number of hydrogen-bond acceptors (Lipinski definition) is 5. The van der Waals surface area contributed by atoms with Gasteiger partial charge in [0, 0.05) is 26.3 Å². The Hall–Kier alpha value is -2.15. The van der Waals surface area contributed by atoms with E-state index in [-0.39, 0.29) is 17.8 Å². The zero-order valence-corrected chi connectivity index (χ0v) is 12.0. The molecular formula is C13H21N5O2. The van der Waals surface area contributed by atoms with E-state index in [1.807, 2.05) is 19.9 Å². The number of nitrogens with zero attached hydrogens (tertiary/aromatic N) is 3. The molecule has 0 aromatic carbocycles. The zero-order valence-electron chi connectivity index (χ0n) is 12.0. The fourth-order valence-electron chi connectivity index (χ4n) is 1.62. The first-order chi connectivity index (χ1) is 9.49. The average Bonchev–Trinajstić information content (AvgIpc) is 2.50. The van der Waals surface area contributed by atoms with Gasteiger partial charge in [-0.2, -0.15) is 0 Å². The van der Waals surface area contributed by atoms with Gasteiger partial charge in [0.05, 0.1) is 6.04 Å². The molecule has 110 valence electrons. The number of oxime groups is 1. The van der Waals surface area contributed by atoms with E-state index in [0.29, 0.717) is 18.8 Å². The highest BCUT2D eigenvalue weighted by atomic mass is 16.4. The lowest BCUT2D eigenvalue weighted by Gasteiger charge is -2.20. The molecule has 7 nitrogen and oxygen atoms in total. The molecule has 1 aromatic heterocycles. The van der Waals surface area contributed by atoms with Crippen molar-refractivity contribution in [2.45, 2.75) is 26.4 Å². The summed E-state index contributed by atoms with van der Waals surface area (Å²) in [6, 6.07) is 3.24. The second kappa shape index (κ2) is 7.44. The molecule has 1 amide bonds. The summed E-state index contributed by atoms with van der Waals surface area (Å²) in [7, 11) is 1.77. The molecule has 1 unspecified atom stereocenters. The number of amides is 1. The van der Waals surface area contributed by atoms with Gasteiger partial charge in [0.1, 0.15) is 5.69 Å². The average molecular weight is 279 g/mol. The Morgan fingerprint density at radius 3 is 2.95 bits per heavy atom. The summed E-state index contributed by atoms with van der Waals surface area (Å²) >= 11 is 0. The van der Waals surface area contributed by atoms with Crippen LogP contribution in [0, 0.1) is 0 Å². The zero-order chi connectivity index (χ0) is 15.1. The van der Waals surface area contributed by atoms with Gasteiger partial charge in [-0.25, -0.2) is 0 Å². The number of carbonyl (C=O) groups excluding carboxylic acids is 1. The van der Waals surface area contributed by atoms with E-state index in [1.165, 1.54) is 0 Å². The smallest absolute Gasteiger partial charge is 0.239 e. The van der Waals surface area contributed by atoms with E-state index in [0.717, 1.165) is 5.56 Å². The number of aromatic nitrogens is 1. The molecular weight excluding hydrogens is 258 g/mol. The molecule has 1 rings (SSSR count). The van der Waals surface area contributed by atoms with Crippen molar-refractivity contribution in [2.24, 2.45) is 10.9 Å². The van der Waals surface area contributed by atoms with E-state index in [1.54, 1.807) is 24.2 Å². The number of rotatable bonds is 6. The van der Waals surface area contributed by atoms with Crippen molar-refractivity contribution in [1.82, 2.24) is 15.2 Å². The van der Waals surface area contributed by atoms with Crippen LogP contribution >= 0.6 is 0 Å². The van der Waals surface area contributed by atoms with E-state index in [9.17, 15) is 4.79 Å². The molecule has 0 aliphatic heterocycles. The number of carbonyl (C=O) groups is 1. The van der Waals surface area contributed by atoms with Crippen molar-refractivity contribution in [3.63, 3.8) is 0 Å². The number of pyridine rings is 1. The number of nitrogens with two attached hydrogens (primary N) is 1. The van der Waals surface area contributed by atoms with Gasteiger partial charge in [0.2, 0.25) is 5.91 Å². The second-order valence-electron chi connectivity index (χ2n) is 4.49. The number of amidine groups is 1. The van der Waals surface area contributed by atoms with Crippen LogP contribution in [-0.2, 0) is 11.3 Å². The summed E-state index contributed by atoms with van der Waals surface area (Å²) in [6.45, 7) is 4.92. The third kappa shape index (κ3) is 4.20. The molecule has 1 heterocycles. The maximum Gasteiger partial charge on any atom is 0.239 e. The quantitative estimate of drug-likeness (QED) is 0.297. The van der Waals surface area contributed by atoms with Gasteiger partial charge >= 0.3 is 0 Å². The lowest BCUT2D eigenvalue weighted by Crippen LogP contribution is -2.42. The number of likely N-dealkylation sites (N-methyl/N-ethyl adjacent to an activating group) is 1. The minimum Gasteiger partial charge on any atom is -0.409 e. The van der Waals surface area contributed by atoms with Crippen molar-refractivity contribution < 1.29 is 10.0 Å². The van der Waals surface area contributed by atoms with Crippen molar-refractivity contribution in [3.8, 4) is 0 Å². The van der Waals surface area contributed by atoms with E-state index >= 15 is 0 Å². The Balaban J connectivity index is 2.64. The molecule has 4 N–H and O–H groups in total. The van der Waals surface area contributed by atoms with Crippen LogP contribution in [0.5, 0.6) is 0 Å². The molecule has 1 aromatic rings. The summed E-state index contributed by atoms with van der Waals surface area (Å²) in [5.41, 5.74) is 6.78. The van der Waals surface area contributed by atoms with Gasteiger partial charge in [-0.1, -0.05) is 5.16 Å². The topological polar surface area (TPSA) is 104 Å². The van der Waals surface area contributed by atoms with Gasteiger partial charge in [-0.05, 0) is 31.5 Å². The Labute approximate surface area is 118 Å². The largest absolute Gasteiger partial charge is 0.409 e. The van der Waals surface area contributed by atoms with Crippen LogP contribution in [-0.4, -0.2) is 46.5 Å². The molecule has 0 aliphatic carbocycles. The van der Waals surface area contributed by atoms with E-state index in [4.69, 9.17) is 10.9 Å². The van der Waals surface area contributed by atoms with Crippen LogP contribution < -0.4 is 11.1 Å². The van der Waals surface area contributed by atoms with Crippen molar-refractivity contribution in [3.05, 3.63) is 29.6 Å². The summed E-state index contributed by atoms with van der Waals surface area (Å²) in [5.74, 6) is -0.0000876. The minimum absolute atomic E-state index is 0.0400. The molecule has 1 atom stereocenters. The first-order valence-corrected chi connectivity index (χ1v) is 6.40. The second-order valence-corrected chi connectivity index (χ2v) is 4.49. The van der Waals surface area contributed by atoms with Crippen LogP contribution in [0.15, 0.2) is 23.5 Å². The highest BCUT2D eigenvalue weighted by Gasteiger charge is 2.15. The van der Waals surface area contributed by atoms with Gasteiger partial charge in [0.25, 0.3) is 0 Å². The van der Waals surface area contributed by atoms with Crippen LogP contribution in [0.3, 0.4) is 0 Å². The molecule has 0 saturated carbocycles. The van der Waals surface area contributed by atoms with Crippen LogP contribution in [0.1, 0.15) is 25.1 Å². The first-order valence-electron chi connectivity index (χ1n) is 6.40. The highest BCUT2D eigenvalue weighted by Crippen LogP contribution is 2.03. The number of hydrogen-bond donors (Lipinski definition) is 3.